The molecule has 2 heterocycles. The Balaban J connectivity index is 1.29. The number of carbonyl (C=O) groups is 1. The predicted octanol–water partition coefficient (Wildman–Crippen LogP) is 2.93. The second-order valence-corrected chi connectivity index (χ2v) is 8.28. The van der Waals surface area contributed by atoms with Gasteiger partial charge < -0.3 is 15.0 Å². The number of ether oxygens (including phenoxy) is 1. The van der Waals surface area contributed by atoms with Gasteiger partial charge in [0.2, 0.25) is 5.91 Å². The number of nitrogens with one attached hydrogen (secondary N) is 1. The Morgan fingerprint density at radius 1 is 0.933 bits per heavy atom. The highest BCUT2D eigenvalue weighted by Gasteiger charge is 2.21. The van der Waals surface area contributed by atoms with Crippen LogP contribution in [0.2, 0.25) is 5.02 Å². The van der Waals surface area contributed by atoms with E-state index in [-0.39, 0.29) is 5.91 Å². The molecule has 0 unspecified atom stereocenters. The van der Waals surface area contributed by atoms with Crippen molar-refractivity contribution in [2.45, 2.75) is 6.54 Å². The highest BCUT2D eigenvalue weighted by molar-refractivity contribution is 6.31. The van der Waals surface area contributed by atoms with Crippen LogP contribution in [0.25, 0.3) is 0 Å². The molecule has 0 radical (unpaired) electrons. The molecule has 2 aromatic carbocycles. The van der Waals surface area contributed by atoms with E-state index in [0.717, 1.165) is 57.2 Å². The van der Waals surface area contributed by atoms with Crippen LogP contribution in [-0.4, -0.2) is 74.7 Å². The van der Waals surface area contributed by atoms with Crippen LogP contribution in [0, 0.1) is 0 Å². The van der Waals surface area contributed by atoms with E-state index in [2.05, 4.69) is 44.3 Å². The van der Waals surface area contributed by atoms with Crippen molar-refractivity contribution in [2.75, 3.05) is 69.2 Å². The van der Waals surface area contributed by atoms with E-state index in [1.807, 2.05) is 24.3 Å². The number of benzene rings is 2. The first kappa shape index (κ1) is 21.1. The molecule has 0 bridgehead atoms. The number of anilines is 2. The summed E-state index contributed by atoms with van der Waals surface area (Å²) in [5, 5.41) is 3.71. The summed E-state index contributed by atoms with van der Waals surface area (Å²) in [5.41, 5.74) is 3.11. The van der Waals surface area contributed by atoms with Gasteiger partial charge in [0.05, 0.1) is 31.1 Å². The minimum absolute atomic E-state index is 0.00304. The van der Waals surface area contributed by atoms with E-state index in [0.29, 0.717) is 24.8 Å². The van der Waals surface area contributed by atoms with Crippen LogP contribution in [0.4, 0.5) is 11.4 Å². The molecule has 2 aliphatic rings. The molecule has 0 aliphatic carbocycles. The number of morpholine rings is 1. The summed E-state index contributed by atoms with van der Waals surface area (Å²) in [6, 6.07) is 16.2. The van der Waals surface area contributed by atoms with Crippen LogP contribution >= 0.6 is 11.6 Å². The van der Waals surface area contributed by atoms with Gasteiger partial charge in [-0.1, -0.05) is 41.9 Å². The molecule has 2 fully saturated rings. The summed E-state index contributed by atoms with van der Waals surface area (Å²) in [5.74, 6) is 0.00304. The third-order valence-electron chi connectivity index (χ3n) is 5.67. The SMILES string of the molecule is O=C(CN1CCN(Cc2ccccc2)CC1)Nc1cc(Cl)ccc1N1CCOCC1. The molecule has 2 aliphatic heterocycles. The number of piperazine rings is 1. The highest BCUT2D eigenvalue weighted by atomic mass is 35.5. The molecule has 1 N–H and O–H groups in total. The summed E-state index contributed by atoms with van der Waals surface area (Å²) >= 11 is 6.20. The van der Waals surface area contributed by atoms with Crippen molar-refractivity contribution in [2.24, 2.45) is 0 Å². The number of halogens is 1. The Hall–Kier alpha value is -2.12. The fourth-order valence-corrected chi connectivity index (χ4v) is 4.20. The topological polar surface area (TPSA) is 48.1 Å². The first-order valence-electron chi connectivity index (χ1n) is 10.6. The molecule has 2 saturated heterocycles. The monoisotopic (exact) mass is 428 g/mol. The van der Waals surface area contributed by atoms with Gasteiger partial charge in [-0.3, -0.25) is 14.6 Å². The van der Waals surface area contributed by atoms with E-state index >= 15 is 0 Å². The quantitative estimate of drug-likeness (QED) is 0.766. The molecule has 0 atom stereocenters. The molecule has 2 aromatic rings. The summed E-state index contributed by atoms with van der Waals surface area (Å²) < 4.78 is 5.45. The third-order valence-corrected chi connectivity index (χ3v) is 5.90. The molecule has 0 aromatic heterocycles. The van der Waals surface area contributed by atoms with Crippen LogP contribution in [0.1, 0.15) is 5.56 Å². The smallest absolute Gasteiger partial charge is 0.238 e. The van der Waals surface area contributed by atoms with Crippen molar-refractivity contribution >= 4 is 28.9 Å². The van der Waals surface area contributed by atoms with Gasteiger partial charge >= 0.3 is 0 Å². The maximum atomic E-state index is 12.7. The molecular formula is C23H29ClN4O2. The van der Waals surface area contributed by atoms with Gasteiger partial charge in [-0.15, -0.1) is 0 Å². The van der Waals surface area contributed by atoms with Crippen molar-refractivity contribution in [1.82, 2.24) is 9.80 Å². The molecule has 0 saturated carbocycles. The lowest BCUT2D eigenvalue weighted by atomic mass is 10.2. The summed E-state index contributed by atoms with van der Waals surface area (Å²) in [4.78, 5) is 19.6. The maximum Gasteiger partial charge on any atom is 0.238 e. The van der Waals surface area contributed by atoms with E-state index in [1.165, 1.54) is 5.56 Å². The van der Waals surface area contributed by atoms with E-state index < -0.39 is 0 Å². The molecule has 6 nitrogen and oxygen atoms in total. The van der Waals surface area contributed by atoms with Crippen molar-refractivity contribution in [3.05, 3.63) is 59.1 Å². The fourth-order valence-electron chi connectivity index (χ4n) is 4.03. The zero-order valence-corrected chi connectivity index (χ0v) is 18.0. The first-order valence-corrected chi connectivity index (χ1v) is 11.0. The Kier molecular flexibility index (Phi) is 7.23. The number of nitrogens with zero attached hydrogens (tertiary/aromatic N) is 3. The third kappa shape index (κ3) is 5.73. The predicted molar refractivity (Wildman–Crippen MR) is 121 cm³/mol. The number of carbonyl (C=O) groups excluding carboxylic acids is 1. The van der Waals surface area contributed by atoms with Crippen LogP contribution in [0.5, 0.6) is 0 Å². The Labute approximate surface area is 183 Å². The van der Waals surface area contributed by atoms with Gasteiger partial charge in [0.1, 0.15) is 0 Å². The second-order valence-electron chi connectivity index (χ2n) is 7.85. The van der Waals surface area contributed by atoms with E-state index in [9.17, 15) is 4.79 Å². The van der Waals surface area contributed by atoms with Crippen molar-refractivity contribution in [3.8, 4) is 0 Å². The number of amides is 1. The Bertz CT molecular complexity index is 834. The highest BCUT2D eigenvalue weighted by Crippen LogP contribution is 2.30. The van der Waals surface area contributed by atoms with Gasteiger partial charge in [0.25, 0.3) is 0 Å². The van der Waals surface area contributed by atoms with Gasteiger partial charge in [0, 0.05) is 50.8 Å². The molecule has 1 amide bonds. The lowest BCUT2D eigenvalue weighted by molar-refractivity contribution is -0.117. The van der Waals surface area contributed by atoms with E-state index in [4.69, 9.17) is 16.3 Å². The Morgan fingerprint density at radius 3 is 2.37 bits per heavy atom. The number of rotatable bonds is 6. The van der Waals surface area contributed by atoms with Crippen molar-refractivity contribution < 1.29 is 9.53 Å². The summed E-state index contributed by atoms with van der Waals surface area (Å²) in [6.07, 6.45) is 0. The van der Waals surface area contributed by atoms with Gasteiger partial charge in [-0.05, 0) is 23.8 Å². The second kappa shape index (κ2) is 10.3. The first-order chi connectivity index (χ1) is 14.7. The standard InChI is InChI=1S/C23H29ClN4O2/c24-20-6-7-22(28-12-14-30-15-13-28)21(16-20)25-23(29)18-27-10-8-26(9-11-27)17-19-4-2-1-3-5-19/h1-7,16H,8-15,17-18H2,(H,25,29). The van der Waals surface area contributed by atoms with Crippen LogP contribution < -0.4 is 10.2 Å². The molecular weight excluding hydrogens is 400 g/mol. The van der Waals surface area contributed by atoms with Crippen LogP contribution in [0.3, 0.4) is 0 Å². The normalized spacial score (nSPS) is 18.4. The Morgan fingerprint density at radius 2 is 1.63 bits per heavy atom. The molecule has 160 valence electrons. The molecule has 0 spiro atoms. The average Bonchev–Trinajstić information content (AvgIpc) is 2.76. The van der Waals surface area contributed by atoms with Crippen molar-refractivity contribution in [3.63, 3.8) is 0 Å². The molecule has 7 heteroatoms. The lowest BCUT2D eigenvalue weighted by Crippen LogP contribution is -2.48. The van der Waals surface area contributed by atoms with Gasteiger partial charge in [-0.25, -0.2) is 0 Å². The molecule has 4 rings (SSSR count). The fraction of sp³-hybridized carbons (Fsp3) is 0.435. The summed E-state index contributed by atoms with van der Waals surface area (Å²) in [6.45, 7) is 8.11. The van der Waals surface area contributed by atoms with Crippen LogP contribution in [-0.2, 0) is 16.1 Å². The van der Waals surface area contributed by atoms with E-state index in [1.54, 1.807) is 0 Å². The largest absolute Gasteiger partial charge is 0.378 e. The number of hydrogen-bond acceptors (Lipinski definition) is 5. The minimum Gasteiger partial charge on any atom is -0.378 e. The minimum atomic E-state index is 0.00304. The number of hydrogen-bond donors (Lipinski definition) is 1. The molecule has 30 heavy (non-hydrogen) atoms. The average molecular weight is 429 g/mol. The summed E-state index contributed by atoms with van der Waals surface area (Å²) in [7, 11) is 0. The maximum absolute atomic E-state index is 12.7. The van der Waals surface area contributed by atoms with Crippen molar-refractivity contribution in [1.29, 1.82) is 0 Å². The zero-order chi connectivity index (χ0) is 20.8. The van der Waals surface area contributed by atoms with Gasteiger partial charge in [0.15, 0.2) is 0 Å². The van der Waals surface area contributed by atoms with Crippen LogP contribution in [0.15, 0.2) is 48.5 Å². The van der Waals surface area contributed by atoms with Gasteiger partial charge in [-0.2, -0.15) is 0 Å². The lowest BCUT2D eigenvalue weighted by Gasteiger charge is -2.34. The zero-order valence-electron chi connectivity index (χ0n) is 17.2.